The Hall–Kier alpha value is -3.31. The standard InChI is InChI=1S/C23H27N3O7S/c1-2-32-14-13-24-21(27)16-7-10-19(11-8-16)34(30,31)26-22(28)17-9-12-20(25-15-17)23(29)33-18-5-3-4-6-18/h7-12,15,18H,2-6,13-14H2,1H3,(H,24,27)(H,26,28). The molecule has 1 aliphatic rings. The number of benzene rings is 1. The number of pyridine rings is 1. The number of esters is 1. The van der Waals surface area contributed by atoms with Crippen LogP contribution in [0.4, 0.5) is 0 Å². The lowest BCUT2D eigenvalue weighted by Gasteiger charge is -2.11. The predicted molar refractivity (Wildman–Crippen MR) is 122 cm³/mol. The van der Waals surface area contributed by atoms with Crippen molar-refractivity contribution in [2.45, 2.75) is 43.6 Å². The number of hydrogen-bond donors (Lipinski definition) is 2. The van der Waals surface area contributed by atoms with Gasteiger partial charge in [0.1, 0.15) is 11.8 Å². The maximum atomic E-state index is 12.6. The molecule has 0 spiro atoms. The van der Waals surface area contributed by atoms with E-state index in [1.807, 2.05) is 11.6 Å². The highest BCUT2D eigenvalue weighted by molar-refractivity contribution is 7.90. The first-order valence-electron chi connectivity index (χ1n) is 11.0. The number of aromatic nitrogens is 1. The third-order valence-corrected chi connectivity index (χ3v) is 6.55. The SMILES string of the molecule is CCOCCNC(=O)c1ccc(S(=O)(=O)NC(=O)c2ccc(C(=O)OC3CCCC3)nc2)cc1. The van der Waals surface area contributed by atoms with Crippen LogP contribution in [-0.2, 0) is 19.5 Å². The molecule has 0 atom stereocenters. The fourth-order valence-corrected chi connectivity index (χ4v) is 4.35. The molecule has 3 rings (SSSR count). The largest absolute Gasteiger partial charge is 0.458 e. The van der Waals surface area contributed by atoms with E-state index in [-0.39, 0.29) is 33.7 Å². The highest BCUT2D eigenvalue weighted by atomic mass is 32.2. The monoisotopic (exact) mass is 489 g/mol. The van der Waals surface area contributed by atoms with Gasteiger partial charge in [0.2, 0.25) is 0 Å². The van der Waals surface area contributed by atoms with Gasteiger partial charge in [-0.15, -0.1) is 0 Å². The van der Waals surface area contributed by atoms with Crippen LogP contribution < -0.4 is 10.0 Å². The van der Waals surface area contributed by atoms with Gasteiger partial charge in [-0.25, -0.2) is 22.9 Å². The van der Waals surface area contributed by atoms with Gasteiger partial charge in [0.05, 0.1) is 17.1 Å². The van der Waals surface area contributed by atoms with Gasteiger partial charge in [-0.05, 0) is 69.0 Å². The first-order chi connectivity index (χ1) is 16.3. The second-order valence-corrected chi connectivity index (χ2v) is 9.34. The molecular formula is C23H27N3O7S. The number of rotatable bonds is 10. The molecule has 1 heterocycles. The molecule has 2 N–H and O–H groups in total. The predicted octanol–water partition coefficient (Wildman–Crippen LogP) is 2.07. The maximum absolute atomic E-state index is 12.6. The number of amides is 2. The number of ether oxygens (including phenoxy) is 2. The zero-order valence-electron chi connectivity index (χ0n) is 18.8. The third kappa shape index (κ3) is 6.84. The molecule has 11 heteroatoms. The Labute approximate surface area is 198 Å². The first-order valence-corrected chi connectivity index (χ1v) is 12.5. The van der Waals surface area contributed by atoms with E-state index < -0.39 is 21.9 Å². The summed E-state index contributed by atoms with van der Waals surface area (Å²) in [7, 11) is -4.19. The summed E-state index contributed by atoms with van der Waals surface area (Å²) in [6.45, 7) is 3.09. The molecule has 10 nitrogen and oxygen atoms in total. The second-order valence-electron chi connectivity index (χ2n) is 7.66. The molecule has 182 valence electrons. The van der Waals surface area contributed by atoms with E-state index in [0.29, 0.717) is 19.8 Å². The van der Waals surface area contributed by atoms with Crippen LogP contribution in [0.2, 0.25) is 0 Å². The topological polar surface area (TPSA) is 141 Å². The van der Waals surface area contributed by atoms with Crippen molar-refractivity contribution in [3.63, 3.8) is 0 Å². The molecule has 1 saturated carbocycles. The van der Waals surface area contributed by atoms with Crippen molar-refractivity contribution >= 4 is 27.8 Å². The first kappa shape index (κ1) is 25.3. The Morgan fingerprint density at radius 1 is 1.00 bits per heavy atom. The Morgan fingerprint density at radius 2 is 1.68 bits per heavy atom. The van der Waals surface area contributed by atoms with Gasteiger partial charge in [0, 0.05) is 24.9 Å². The lowest BCUT2D eigenvalue weighted by Crippen LogP contribution is -2.31. The van der Waals surface area contributed by atoms with Crippen molar-refractivity contribution in [1.29, 1.82) is 0 Å². The summed E-state index contributed by atoms with van der Waals surface area (Å²) in [6, 6.07) is 7.78. The number of nitrogens with one attached hydrogen (secondary N) is 2. The lowest BCUT2D eigenvalue weighted by molar-refractivity contribution is 0.0310. The quantitative estimate of drug-likeness (QED) is 0.382. The number of carbonyl (C=O) groups excluding carboxylic acids is 3. The molecular weight excluding hydrogens is 462 g/mol. The number of carbonyl (C=O) groups is 3. The Balaban J connectivity index is 1.58. The van der Waals surface area contributed by atoms with Crippen molar-refractivity contribution in [3.05, 3.63) is 59.4 Å². The Morgan fingerprint density at radius 3 is 2.29 bits per heavy atom. The molecule has 0 radical (unpaired) electrons. The number of nitrogens with zero attached hydrogens (tertiary/aromatic N) is 1. The minimum atomic E-state index is -4.19. The van der Waals surface area contributed by atoms with Crippen LogP contribution in [0, 0.1) is 0 Å². The fourth-order valence-electron chi connectivity index (χ4n) is 3.38. The van der Waals surface area contributed by atoms with Crippen molar-refractivity contribution in [1.82, 2.24) is 15.0 Å². The van der Waals surface area contributed by atoms with Crippen LogP contribution in [0.25, 0.3) is 0 Å². The summed E-state index contributed by atoms with van der Waals surface area (Å²) in [5.41, 5.74) is 0.277. The average molecular weight is 490 g/mol. The fraction of sp³-hybridized carbons (Fsp3) is 0.391. The Kier molecular flexibility index (Phi) is 8.72. The van der Waals surface area contributed by atoms with E-state index in [9.17, 15) is 22.8 Å². The number of sulfonamides is 1. The van der Waals surface area contributed by atoms with Crippen LogP contribution in [-0.4, -0.2) is 57.0 Å². The molecule has 1 aliphatic carbocycles. The molecule has 1 aromatic heterocycles. The van der Waals surface area contributed by atoms with Gasteiger partial charge in [-0.2, -0.15) is 0 Å². The molecule has 1 aromatic carbocycles. The summed E-state index contributed by atoms with van der Waals surface area (Å²) in [5.74, 6) is -1.85. The van der Waals surface area contributed by atoms with E-state index >= 15 is 0 Å². The highest BCUT2D eigenvalue weighted by Crippen LogP contribution is 2.22. The summed E-state index contributed by atoms with van der Waals surface area (Å²) < 4.78 is 37.6. The van der Waals surface area contributed by atoms with Gasteiger partial charge in [0.25, 0.3) is 21.8 Å². The van der Waals surface area contributed by atoms with Gasteiger partial charge < -0.3 is 14.8 Å². The van der Waals surface area contributed by atoms with Gasteiger partial charge in [0.15, 0.2) is 0 Å². The van der Waals surface area contributed by atoms with Crippen LogP contribution in [0.3, 0.4) is 0 Å². The summed E-state index contributed by atoms with van der Waals surface area (Å²) in [5, 5.41) is 2.66. The van der Waals surface area contributed by atoms with Crippen LogP contribution in [0.15, 0.2) is 47.5 Å². The molecule has 2 amide bonds. The summed E-state index contributed by atoms with van der Waals surface area (Å²) in [4.78, 5) is 40.4. The molecule has 0 unspecified atom stereocenters. The minimum absolute atomic E-state index is 0.0358. The molecule has 0 bridgehead atoms. The normalized spacial score (nSPS) is 13.9. The molecule has 1 fully saturated rings. The second kappa shape index (κ2) is 11.7. The molecule has 34 heavy (non-hydrogen) atoms. The van der Waals surface area contributed by atoms with Crippen molar-refractivity contribution in [3.8, 4) is 0 Å². The van der Waals surface area contributed by atoms with E-state index in [1.54, 1.807) is 0 Å². The zero-order valence-corrected chi connectivity index (χ0v) is 19.6. The smallest absolute Gasteiger partial charge is 0.357 e. The maximum Gasteiger partial charge on any atom is 0.357 e. The van der Waals surface area contributed by atoms with E-state index in [1.165, 1.54) is 36.4 Å². The summed E-state index contributed by atoms with van der Waals surface area (Å²) in [6.07, 6.45) is 4.68. The van der Waals surface area contributed by atoms with Crippen molar-refractivity contribution < 1.29 is 32.3 Å². The third-order valence-electron chi connectivity index (χ3n) is 5.20. The average Bonchev–Trinajstić information content (AvgIpc) is 3.34. The van der Waals surface area contributed by atoms with E-state index in [2.05, 4.69) is 10.3 Å². The highest BCUT2D eigenvalue weighted by Gasteiger charge is 2.22. The molecule has 0 aliphatic heterocycles. The van der Waals surface area contributed by atoms with Crippen LogP contribution >= 0.6 is 0 Å². The molecule has 0 saturated heterocycles. The summed E-state index contributed by atoms with van der Waals surface area (Å²) >= 11 is 0. The van der Waals surface area contributed by atoms with E-state index in [4.69, 9.17) is 9.47 Å². The van der Waals surface area contributed by atoms with Crippen LogP contribution in [0.5, 0.6) is 0 Å². The van der Waals surface area contributed by atoms with Gasteiger partial charge >= 0.3 is 5.97 Å². The Bertz CT molecular complexity index is 1110. The van der Waals surface area contributed by atoms with E-state index in [0.717, 1.165) is 31.9 Å². The lowest BCUT2D eigenvalue weighted by atomic mass is 10.2. The van der Waals surface area contributed by atoms with Gasteiger partial charge in [-0.3, -0.25) is 9.59 Å². The van der Waals surface area contributed by atoms with Crippen molar-refractivity contribution in [2.75, 3.05) is 19.8 Å². The zero-order chi connectivity index (χ0) is 24.6. The molecule has 2 aromatic rings. The van der Waals surface area contributed by atoms with Crippen molar-refractivity contribution in [2.24, 2.45) is 0 Å². The van der Waals surface area contributed by atoms with Gasteiger partial charge in [-0.1, -0.05) is 0 Å². The number of hydrogen-bond acceptors (Lipinski definition) is 8. The van der Waals surface area contributed by atoms with Crippen LogP contribution in [0.1, 0.15) is 63.8 Å². The minimum Gasteiger partial charge on any atom is -0.458 e.